The van der Waals surface area contributed by atoms with E-state index in [2.05, 4.69) is 22.3 Å². The minimum Gasteiger partial charge on any atom is -0.330 e. The van der Waals surface area contributed by atoms with Crippen LogP contribution in [-0.2, 0) is 6.54 Å². The van der Waals surface area contributed by atoms with E-state index in [1.165, 1.54) is 32.1 Å². The third kappa shape index (κ3) is 2.07. The SMILES string of the molecule is CC(CN)Cn1nnc(C2C3CC4CC(C3)CC2C4)n1. The molecule has 2 N–H and O–H groups in total. The van der Waals surface area contributed by atoms with Crippen molar-refractivity contribution >= 4 is 0 Å². The highest BCUT2D eigenvalue weighted by molar-refractivity contribution is 5.09. The van der Waals surface area contributed by atoms with Gasteiger partial charge in [0.05, 0.1) is 6.54 Å². The molecule has 4 fully saturated rings. The van der Waals surface area contributed by atoms with Gasteiger partial charge in [-0.1, -0.05) is 6.92 Å². The van der Waals surface area contributed by atoms with Crippen LogP contribution in [0, 0.1) is 29.6 Å². The van der Waals surface area contributed by atoms with Crippen LogP contribution in [-0.4, -0.2) is 26.8 Å². The maximum Gasteiger partial charge on any atom is 0.178 e. The highest BCUT2D eigenvalue weighted by atomic mass is 15.6. The van der Waals surface area contributed by atoms with Crippen LogP contribution in [0.3, 0.4) is 0 Å². The van der Waals surface area contributed by atoms with Crippen LogP contribution >= 0.6 is 0 Å². The first-order chi connectivity index (χ1) is 9.72. The molecule has 4 aliphatic rings. The number of nitrogens with two attached hydrogens (primary N) is 1. The van der Waals surface area contributed by atoms with Gasteiger partial charge in [0.25, 0.3) is 0 Å². The van der Waals surface area contributed by atoms with Crippen molar-refractivity contribution in [2.75, 3.05) is 6.54 Å². The van der Waals surface area contributed by atoms with Crippen molar-refractivity contribution in [2.24, 2.45) is 35.3 Å². The first kappa shape index (κ1) is 12.7. The largest absolute Gasteiger partial charge is 0.330 e. The zero-order chi connectivity index (χ0) is 13.7. The molecule has 110 valence electrons. The summed E-state index contributed by atoms with van der Waals surface area (Å²) in [4.78, 5) is 1.76. The van der Waals surface area contributed by atoms with Crippen LogP contribution in [0.5, 0.6) is 0 Å². The Hall–Kier alpha value is -0.970. The summed E-state index contributed by atoms with van der Waals surface area (Å²) in [5.74, 6) is 5.68. The summed E-state index contributed by atoms with van der Waals surface area (Å²) in [5, 5.41) is 13.3. The van der Waals surface area contributed by atoms with Crippen molar-refractivity contribution in [3.63, 3.8) is 0 Å². The molecule has 1 aromatic rings. The quantitative estimate of drug-likeness (QED) is 0.909. The normalized spacial score (nSPS) is 40.2. The Bertz CT molecular complexity index is 454. The zero-order valence-electron chi connectivity index (χ0n) is 12.3. The Balaban J connectivity index is 1.53. The van der Waals surface area contributed by atoms with E-state index in [0.29, 0.717) is 18.4 Å². The fourth-order valence-corrected chi connectivity index (χ4v) is 5.17. The Morgan fingerprint density at radius 3 is 2.40 bits per heavy atom. The van der Waals surface area contributed by atoms with E-state index < -0.39 is 0 Å². The zero-order valence-corrected chi connectivity index (χ0v) is 12.3. The van der Waals surface area contributed by atoms with E-state index in [1.54, 1.807) is 4.80 Å². The maximum absolute atomic E-state index is 5.68. The van der Waals surface area contributed by atoms with Gasteiger partial charge in [0.2, 0.25) is 0 Å². The molecule has 1 heterocycles. The van der Waals surface area contributed by atoms with Crippen LogP contribution in [0.25, 0.3) is 0 Å². The first-order valence-electron chi connectivity index (χ1n) is 8.20. The minimum atomic E-state index is 0.413. The lowest BCUT2D eigenvalue weighted by Gasteiger charge is -2.53. The molecule has 0 aromatic carbocycles. The summed E-state index contributed by atoms with van der Waals surface area (Å²) < 4.78 is 0. The predicted molar refractivity (Wildman–Crippen MR) is 75.8 cm³/mol. The second kappa shape index (κ2) is 4.79. The summed E-state index contributed by atoms with van der Waals surface area (Å²) in [6, 6.07) is 0. The Labute approximate surface area is 120 Å². The molecule has 0 aliphatic heterocycles. The molecule has 0 radical (unpaired) electrons. The van der Waals surface area contributed by atoms with Crippen LogP contribution in [0.4, 0.5) is 0 Å². The van der Waals surface area contributed by atoms with Gasteiger partial charge in [-0.3, -0.25) is 0 Å². The van der Waals surface area contributed by atoms with Gasteiger partial charge in [0, 0.05) is 5.92 Å². The van der Waals surface area contributed by atoms with Gasteiger partial charge < -0.3 is 5.73 Å². The number of hydrogen-bond acceptors (Lipinski definition) is 4. The standard InChI is InChI=1S/C15H25N5/c1-9(7-16)8-20-18-15(17-19-20)14-12-3-10-2-11(5-12)6-13(14)4-10/h9-14H,2-8,16H2,1H3. The molecule has 4 saturated carbocycles. The summed E-state index contributed by atoms with van der Waals surface area (Å²) in [7, 11) is 0. The number of rotatable bonds is 4. The molecule has 5 nitrogen and oxygen atoms in total. The van der Waals surface area contributed by atoms with Crippen molar-refractivity contribution in [3.05, 3.63) is 5.82 Å². The van der Waals surface area contributed by atoms with Gasteiger partial charge >= 0.3 is 0 Å². The van der Waals surface area contributed by atoms with E-state index >= 15 is 0 Å². The summed E-state index contributed by atoms with van der Waals surface area (Å²) in [5.41, 5.74) is 5.68. The molecule has 0 spiro atoms. The summed E-state index contributed by atoms with van der Waals surface area (Å²) in [6.07, 6.45) is 7.13. The monoisotopic (exact) mass is 275 g/mol. The van der Waals surface area contributed by atoms with Gasteiger partial charge in [-0.2, -0.15) is 4.80 Å². The third-order valence-electron chi connectivity index (χ3n) is 5.87. The lowest BCUT2D eigenvalue weighted by Crippen LogP contribution is -2.44. The highest BCUT2D eigenvalue weighted by Crippen LogP contribution is 2.59. The van der Waals surface area contributed by atoms with Crippen LogP contribution in [0.15, 0.2) is 0 Å². The second-order valence-electron chi connectivity index (χ2n) is 7.50. The second-order valence-corrected chi connectivity index (χ2v) is 7.50. The summed E-state index contributed by atoms with van der Waals surface area (Å²) in [6.45, 7) is 3.59. The molecule has 0 amide bonds. The van der Waals surface area contributed by atoms with Gasteiger partial charge in [0.1, 0.15) is 0 Å². The maximum atomic E-state index is 5.68. The minimum absolute atomic E-state index is 0.413. The fraction of sp³-hybridized carbons (Fsp3) is 0.933. The molecule has 1 unspecified atom stereocenters. The molecular formula is C15H25N5. The molecular weight excluding hydrogens is 250 g/mol. The Morgan fingerprint density at radius 1 is 1.15 bits per heavy atom. The molecule has 5 heteroatoms. The average Bonchev–Trinajstić information content (AvgIpc) is 2.85. The number of tetrazole rings is 1. The van der Waals surface area contributed by atoms with Crippen molar-refractivity contribution in [1.29, 1.82) is 0 Å². The lowest BCUT2D eigenvalue weighted by atomic mass is 9.52. The van der Waals surface area contributed by atoms with E-state index in [9.17, 15) is 0 Å². The Kier molecular flexibility index (Phi) is 3.05. The van der Waals surface area contributed by atoms with Gasteiger partial charge in [-0.05, 0) is 73.5 Å². The van der Waals surface area contributed by atoms with Crippen LogP contribution < -0.4 is 5.73 Å². The molecule has 1 atom stereocenters. The number of aromatic nitrogens is 4. The molecule has 4 aliphatic carbocycles. The van der Waals surface area contributed by atoms with Crippen molar-refractivity contribution < 1.29 is 0 Å². The van der Waals surface area contributed by atoms with Crippen molar-refractivity contribution in [3.8, 4) is 0 Å². The van der Waals surface area contributed by atoms with E-state index in [4.69, 9.17) is 5.73 Å². The first-order valence-corrected chi connectivity index (χ1v) is 8.20. The number of nitrogens with zero attached hydrogens (tertiary/aromatic N) is 4. The van der Waals surface area contributed by atoms with Gasteiger partial charge in [0.15, 0.2) is 5.82 Å². The van der Waals surface area contributed by atoms with E-state index in [1.807, 2.05) is 0 Å². The lowest BCUT2D eigenvalue weighted by molar-refractivity contribution is -0.00576. The van der Waals surface area contributed by atoms with Crippen LogP contribution in [0.1, 0.15) is 50.8 Å². The van der Waals surface area contributed by atoms with E-state index in [0.717, 1.165) is 36.0 Å². The smallest absolute Gasteiger partial charge is 0.178 e. The molecule has 5 rings (SSSR count). The van der Waals surface area contributed by atoms with E-state index in [-0.39, 0.29) is 0 Å². The summed E-state index contributed by atoms with van der Waals surface area (Å²) >= 11 is 0. The van der Waals surface area contributed by atoms with Crippen molar-refractivity contribution in [1.82, 2.24) is 20.2 Å². The van der Waals surface area contributed by atoms with Gasteiger partial charge in [-0.25, -0.2) is 0 Å². The van der Waals surface area contributed by atoms with Crippen molar-refractivity contribution in [2.45, 2.75) is 51.5 Å². The Morgan fingerprint density at radius 2 is 1.80 bits per heavy atom. The number of hydrogen-bond donors (Lipinski definition) is 1. The average molecular weight is 275 g/mol. The fourth-order valence-electron chi connectivity index (χ4n) is 5.17. The molecule has 4 bridgehead atoms. The predicted octanol–water partition coefficient (Wildman–Crippen LogP) is 1.81. The third-order valence-corrected chi connectivity index (χ3v) is 5.87. The topological polar surface area (TPSA) is 69.6 Å². The van der Waals surface area contributed by atoms with Crippen LogP contribution in [0.2, 0.25) is 0 Å². The molecule has 20 heavy (non-hydrogen) atoms. The molecule has 1 aromatic heterocycles. The molecule has 0 saturated heterocycles. The highest BCUT2D eigenvalue weighted by Gasteiger charge is 2.50. The van der Waals surface area contributed by atoms with Gasteiger partial charge in [-0.15, -0.1) is 10.2 Å².